The molecule has 0 spiro atoms. The Labute approximate surface area is 136 Å². The van der Waals surface area contributed by atoms with Crippen LogP contribution in [0.2, 0.25) is 0 Å². The monoisotopic (exact) mass is 334 g/mol. The highest BCUT2D eigenvalue weighted by atomic mass is 32.1. The number of thiophene rings is 1. The van der Waals surface area contributed by atoms with Crippen molar-refractivity contribution in [2.24, 2.45) is 0 Å². The van der Waals surface area contributed by atoms with Gasteiger partial charge in [0.1, 0.15) is 5.01 Å². The first-order valence-corrected chi connectivity index (χ1v) is 8.86. The van der Waals surface area contributed by atoms with Crippen LogP contribution in [-0.2, 0) is 19.5 Å². The van der Waals surface area contributed by atoms with Crippen LogP contribution in [0.4, 0.5) is 0 Å². The molecule has 116 valence electrons. The lowest BCUT2D eigenvalue weighted by Crippen LogP contribution is -2.21. The molecule has 0 aromatic carbocycles. The molecule has 5 nitrogen and oxygen atoms in total. The van der Waals surface area contributed by atoms with Gasteiger partial charge in [-0.25, -0.2) is 4.98 Å². The van der Waals surface area contributed by atoms with Crippen molar-refractivity contribution in [3.63, 3.8) is 0 Å². The maximum atomic E-state index is 12.1. The Bertz CT molecular complexity index is 849. The van der Waals surface area contributed by atoms with Crippen molar-refractivity contribution in [1.29, 1.82) is 0 Å². The molecule has 0 aliphatic rings. The SMILES string of the molecule is CCc1nn2c(=O)cc(CN(C)Cc3sccc3C)nc2s1. The molecule has 0 bridgehead atoms. The normalized spacial score (nSPS) is 11.6. The Hall–Kier alpha value is -1.57. The summed E-state index contributed by atoms with van der Waals surface area (Å²) in [6.07, 6.45) is 0.820. The summed E-state index contributed by atoms with van der Waals surface area (Å²) in [5.41, 5.74) is 2.01. The number of rotatable bonds is 5. The molecule has 3 aromatic rings. The number of aromatic nitrogens is 3. The van der Waals surface area contributed by atoms with Crippen LogP contribution in [0.3, 0.4) is 0 Å². The zero-order valence-corrected chi connectivity index (χ0v) is 14.5. The van der Waals surface area contributed by atoms with Gasteiger partial charge < -0.3 is 0 Å². The fraction of sp³-hybridized carbons (Fsp3) is 0.400. The van der Waals surface area contributed by atoms with Crippen LogP contribution < -0.4 is 5.56 Å². The van der Waals surface area contributed by atoms with Crippen LogP contribution in [-0.4, -0.2) is 26.5 Å². The molecule has 3 heterocycles. The van der Waals surface area contributed by atoms with Crippen LogP contribution in [0.25, 0.3) is 4.96 Å². The highest BCUT2D eigenvalue weighted by molar-refractivity contribution is 7.16. The number of fused-ring (bicyclic) bond motifs is 1. The van der Waals surface area contributed by atoms with Gasteiger partial charge in [-0.3, -0.25) is 9.69 Å². The molecule has 0 unspecified atom stereocenters. The predicted octanol–water partition coefficient (Wildman–Crippen LogP) is 2.72. The fourth-order valence-electron chi connectivity index (χ4n) is 2.26. The summed E-state index contributed by atoms with van der Waals surface area (Å²) in [6.45, 7) is 5.68. The van der Waals surface area contributed by atoms with E-state index in [0.29, 0.717) is 11.5 Å². The first-order valence-electron chi connectivity index (χ1n) is 7.17. The Morgan fingerprint density at radius 3 is 2.86 bits per heavy atom. The third-order valence-electron chi connectivity index (χ3n) is 3.46. The fourth-order valence-corrected chi connectivity index (χ4v) is 4.11. The number of nitrogens with zero attached hydrogens (tertiary/aromatic N) is 4. The van der Waals surface area contributed by atoms with E-state index in [1.54, 1.807) is 17.4 Å². The summed E-state index contributed by atoms with van der Waals surface area (Å²) in [6, 6.07) is 3.72. The van der Waals surface area contributed by atoms with Crippen molar-refractivity contribution in [3.05, 3.63) is 49.0 Å². The number of hydrogen-bond donors (Lipinski definition) is 0. The summed E-state index contributed by atoms with van der Waals surface area (Å²) in [5.74, 6) is 0. The summed E-state index contributed by atoms with van der Waals surface area (Å²) >= 11 is 3.25. The molecule has 3 rings (SSSR count). The van der Waals surface area contributed by atoms with Crippen LogP contribution in [0.5, 0.6) is 0 Å². The Balaban J connectivity index is 1.81. The topological polar surface area (TPSA) is 50.5 Å². The third-order valence-corrected chi connectivity index (χ3v) is 5.52. The van der Waals surface area contributed by atoms with Gasteiger partial charge in [0.2, 0.25) is 4.96 Å². The van der Waals surface area contributed by atoms with Crippen LogP contribution in [0, 0.1) is 6.92 Å². The van der Waals surface area contributed by atoms with E-state index in [2.05, 4.69) is 33.4 Å². The second-order valence-electron chi connectivity index (χ2n) is 5.33. The molecule has 0 aliphatic carbocycles. The largest absolute Gasteiger partial charge is 0.295 e. The maximum Gasteiger partial charge on any atom is 0.275 e. The van der Waals surface area contributed by atoms with E-state index < -0.39 is 0 Å². The Morgan fingerprint density at radius 2 is 2.18 bits per heavy atom. The molecule has 0 saturated heterocycles. The smallest absolute Gasteiger partial charge is 0.275 e. The highest BCUT2D eigenvalue weighted by Crippen LogP contribution is 2.18. The lowest BCUT2D eigenvalue weighted by atomic mass is 10.3. The molecule has 0 radical (unpaired) electrons. The zero-order valence-electron chi connectivity index (χ0n) is 12.9. The molecular formula is C15H18N4OS2. The molecule has 0 atom stereocenters. The van der Waals surface area contributed by atoms with Gasteiger partial charge in [0.25, 0.3) is 5.56 Å². The van der Waals surface area contributed by atoms with Crippen molar-refractivity contribution in [1.82, 2.24) is 19.5 Å². The average molecular weight is 334 g/mol. The van der Waals surface area contributed by atoms with Gasteiger partial charge in [-0.1, -0.05) is 18.3 Å². The minimum atomic E-state index is -0.100. The van der Waals surface area contributed by atoms with Crippen LogP contribution >= 0.6 is 22.7 Å². The molecule has 22 heavy (non-hydrogen) atoms. The lowest BCUT2D eigenvalue weighted by molar-refractivity contribution is 0.317. The van der Waals surface area contributed by atoms with E-state index in [0.717, 1.165) is 23.7 Å². The van der Waals surface area contributed by atoms with E-state index in [4.69, 9.17) is 0 Å². The van der Waals surface area contributed by atoms with Crippen molar-refractivity contribution in [3.8, 4) is 0 Å². The van der Waals surface area contributed by atoms with Crippen molar-refractivity contribution in [2.45, 2.75) is 33.4 Å². The standard InChI is InChI=1S/C15H18N4OS2/c1-4-13-17-19-14(20)7-11(16-15(19)22-13)8-18(3)9-12-10(2)5-6-21-12/h5-7H,4,8-9H2,1-3H3. The van der Waals surface area contributed by atoms with Crippen molar-refractivity contribution in [2.75, 3.05) is 7.05 Å². The minimum absolute atomic E-state index is 0.100. The van der Waals surface area contributed by atoms with Gasteiger partial charge in [-0.2, -0.15) is 9.61 Å². The lowest BCUT2D eigenvalue weighted by Gasteiger charge is -2.15. The summed E-state index contributed by atoms with van der Waals surface area (Å²) in [7, 11) is 2.05. The van der Waals surface area contributed by atoms with Crippen molar-refractivity contribution >= 4 is 27.6 Å². The summed E-state index contributed by atoms with van der Waals surface area (Å²) in [5, 5.41) is 7.32. The van der Waals surface area contributed by atoms with E-state index in [1.807, 2.05) is 14.0 Å². The number of aryl methyl sites for hydroxylation is 2. The molecule has 0 amide bonds. The molecule has 7 heteroatoms. The van der Waals surface area contributed by atoms with E-state index in [1.165, 1.54) is 26.3 Å². The van der Waals surface area contributed by atoms with Gasteiger partial charge in [-0.15, -0.1) is 11.3 Å². The van der Waals surface area contributed by atoms with Gasteiger partial charge in [0.05, 0.1) is 5.69 Å². The molecular weight excluding hydrogens is 316 g/mol. The second kappa shape index (κ2) is 6.28. The zero-order chi connectivity index (χ0) is 15.7. The predicted molar refractivity (Wildman–Crippen MR) is 90.7 cm³/mol. The maximum absolute atomic E-state index is 12.1. The third kappa shape index (κ3) is 3.11. The van der Waals surface area contributed by atoms with E-state index in [9.17, 15) is 4.79 Å². The second-order valence-corrected chi connectivity index (χ2v) is 7.37. The van der Waals surface area contributed by atoms with E-state index in [-0.39, 0.29) is 5.56 Å². The quantitative estimate of drug-likeness (QED) is 0.720. The molecule has 0 N–H and O–H groups in total. The highest BCUT2D eigenvalue weighted by Gasteiger charge is 2.11. The Morgan fingerprint density at radius 1 is 1.36 bits per heavy atom. The molecule has 3 aromatic heterocycles. The first kappa shape index (κ1) is 15.3. The van der Waals surface area contributed by atoms with Gasteiger partial charge >= 0.3 is 0 Å². The first-order chi connectivity index (χ1) is 10.6. The minimum Gasteiger partial charge on any atom is -0.295 e. The van der Waals surface area contributed by atoms with Crippen molar-refractivity contribution < 1.29 is 0 Å². The van der Waals surface area contributed by atoms with Crippen LogP contribution in [0.1, 0.15) is 28.1 Å². The van der Waals surface area contributed by atoms with Gasteiger partial charge in [0, 0.05) is 24.0 Å². The van der Waals surface area contributed by atoms with Gasteiger partial charge in [0.15, 0.2) is 0 Å². The summed E-state index contributed by atoms with van der Waals surface area (Å²) in [4.78, 5) is 20.9. The Kier molecular flexibility index (Phi) is 4.37. The summed E-state index contributed by atoms with van der Waals surface area (Å²) < 4.78 is 1.40. The molecule has 0 fully saturated rings. The van der Waals surface area contributed by atoms with Gasteiger partial charge in [-0.05, 0) is 37.4 Å². The molecule has 0 aliphatic heterocycles. The average Bonchev–Trinajstić information content (AvgIpc) is 3.06. The van der Waals surface area contributed by atoms with Crippen LogP contribution in [0.15, 0.2) is 22.3 Å². The van der Waals surface area contributed by atoms with E-state index >= 15 is 0 Å². The molecule has 0 saturated carbocycles. The number of hydrogen-bond acceptors (Lipinski definition) is 6.